The van der Waals surface area contributed by atoms with Gasteiger partial charge >= 0.3 is 0 Å². The SMILES string of the molecule is CC1([C@H](NC(=O)C2CCCn3cnnc32)c2c(F)ccc(Cl)c2Cl)CCCC1. The van der Waals surface area contributed by atoms with Crippen molar-refractivity contribution in [1.29, 1.82) is 0 Å². The van der Waals surface area contributed by atoms with Crippen LogP contribution < -0.4 is 5.32 Å². The highest BCUT2D eigenvalue weighted by molar-refractivity contribution is 6.42. The van der Waals surface area contributed by atoms with Gasteiger partial charge in [-0.2, -0.15) is 0 Å². The van der Waals surface area contributed by atoms with Crippen LogP contribution in [0.15, 0.2) is 18.5 Å². The molecule has 1 unspecified atom stereocenters. The van der Waals surface area contributed by atoms with Gasteiger partial charge in [0.1, 0.15) is 18.0 Å². The van der Waals surface area contributed by atoms with Gasteiger partial charge in [-0.1, -0.05) is 43.0 Å². The van der Waals surface area contributed by atoms with Crippen LogP contribution >= 0.6 is 23.2 Å². The van der Waals surface area contributed by atoms with Gasteiger partial charge in [-0.15, -0.1) is 10.2 Å². The van der Waals surface area contributed by atoms with Crippen LogP contribution in [0.5, 0.6) is 0 Å². The molecule has 2 aromatic rings. The summed E-state index contributed by atoms with van der Waals surface area (Å²) in [5.74, 6) is -0.344. The number of hydrogen-bond donors (Lipinski definition) is 1. The fourth-order valence-electron chi connectivity index (χ4n) is 4.67. The Morgan fingerprint density at radius 3 is 2.82 bits per heavy atom. The van der Waals surface area contributed by atoms with Crippen molar-refractivity contribution in [1.82, 2.24) is 20.1 Å². The monoisotopic (exact) mass is 424 g/mol. The summed E-state index contributed by atoms with van der Waals surface area (Å²) in [5, 5.41) is 11.7. The molecule has 150 valence electrons. The molecule has 1 aromatic heterocycles. The standard InChI is InChI=1S/C20H23Cl2FN4O/c1-20(8-2-3-9-20)17(15-14(23)7-6-13(21)16(15)22)25-19(28)12-5-4-10-27-11-24-26-18(12)27/h6-7,11-12,17H,2-5,8-10H2,1H3,(H,25,28)/t12?,17-/m1/s1. The van der Waals surface area contributed by atoms with E-state index in [-0.39, 0.29) is 26.9 Å². The van der Waals surface area contributed by atoms with Crippen molar-refractivity contribution in [2.45, 2.75) is 64.0 Å². The first-order valence-corrected chi connectivity index (χ1v) is 10.5. The molecule has 0 saturated heterocycles. The molecule has 0 spiro atoms. The Labute approximate surface area is 173 Å². The highest BCUT2D eigenvalue weighted by Crippen LogP contribution is 2.50. The third-order valence-electron chi connectivity index (χ3n) is 6.26. The van der Waals surface area contributed by atoms with Gasteiger partial charge in [0, 0.05) is 12.1 Å². The first kappa shape index (κ1) is 19.6. The maximum absolute atomic E-state index is 14.9. The number of hydrogen-bond acceptors (Lipinski definition) is 3. The van der Waals surface area contributed by atoms with Crippen LogP contribution in [0.25, 0.3) is 0 Å². The number of nitrogens with one attached hydrogen (secondary N) is 1. The average Bonchev–Trinajstić information content (AvgIpc) is 3.33. The minimum atomic E-state index is -0.549. The number of aromatic nitrogens is 3. The van der Waals surface area contributed by atoms with Gasteiger partial charge in [0.15, 0.2) is 0 Å². The van der Waals surface area contributed by atoms with Crippen molar-refractivity contribution in [3.05, 3.63) is 45.7 Å². The maximum atomic E-state index is 14.9. The molecule has 8 heteroatoms. The van der Waals surface area contributed by atoms with E-state index in [0.29, 0.717) is 12.2 Å². The number of aryl methyl sites for hydroxylation is 1. The number of rotatable bonds is 4. The molecule has 1 fully saturated rings. The number of halogens is 3. The molecular weight excluding hydrogens is 402 g/mol. The molecule has 0 bridgehead atoms. The molecule has 4 rings (SSSR count). The molecule has 1 amide bonds. The Bertz CT molecular complexity index is 894. The second kappa shape index (κ2) is 7.64. The van der Waals surface area contributed by atoms with Crippen molar-refractivity contribution >= 4 is 29.1 Å². The first-order chi connectivity index (χ1) is 13.4. The predicted molar refractivity (Wildman–Crippen MR) is 106 cm³/mol. The number of fused-ring (bicyclic) bond motifs is 1. The molecule has 0 radical (unpaired) electrons. The molecule has 2 aliphatic rings. The second-order valence-corrected chi connectivity index (χ2v) is 8.92. The lowest BCUT2D eigenvalue weighted by Crippen LogP contribution is -2.42. The van der Waals surface area contributed by atoms with Crippen molar-refractivity contribution in [3.8, 4) is 0 Å². The molecule has 28 heavy (non-hydrogen) atoms. The Kier molecular flexibility index (Phi) is 5.36. The van der Waals surface area contributed by atoms with Gasteiger partial charge in [-0.05, 0) is 43.2 Å². The lowest BCUT2D eigenvalue weighted by Gasteiger charge is -2.37. The third kappa shape index (κ3) is 3.41. The van der Waals surface area contributed by atoms with Crippen LogP contribution in [-0.4, -0.2) is 20.7 Å². The van der Waals surface area contributed by atoms with E-state index in [0.717, 1.165) is 38.6 Å². The van der Waals surface area contributed by atoms with Crippen molar-refractivity contribution < 1.29 is 9.18 Å². The number of benzene rings is 1. The number of carbonyl (C=O) groups excluding carboxylic acids is 1. The number of nitrogens with zero attached hydrogens (tertiary/aromatic N) is 3. The van der Waals surface area contributed by atoms with Gasteiger partial charge in [0.05, 0.1) is 22.0 Å². The normalized spacial score (nSPS) is 21.9. The van der Waals surface area contributed by atoms with Gasteiger partial charge in [0.2, 0.25) is 5.91 Å². The maximum Gasteiger partial charge on any atom is 0.231 e. The Morgan fingerprint density at radius 2 is 2.07 bits per heavy atom. The third-order valence-corrected chi connectivity index (χ3v) is 7.08. The van der Waals surface area contributed by atoms with E-state index in [9.17, 15) is 9.18 Å². The minimum absolute atomic E-state index is 0.164. The lowest BCUT2D eigenvalue weighted by atomic mass is 9.76. The highest BCUT2D eigenvalue weighted by atomic mass is 35.5. The highest BCUT2D eigenvalue weighted by Gasteiger charge is 2.42. The molecule has 1 saturated carbocycles. The minimum Gasteiger partial charge on any atom is -0.348 e. The first-order valence-electron chi connectivity index (χ1n) is 9.72. The number of carbonyl (C=O) groups is 1. The smallest absolute Gasteiger partial charge is 0.231 e. The summed E-state index contributed by atoms with van der Waals surface area (Å²) in [7, 11) is 0. The van der Waals surface area contributed by atoms with Crippen LogP contribution in [-0.2, 0) is 11.3 Å². The summed E-state index contributed by atoms with van der Waals surface area (Å²) in [4.78, 5) is 13.3. The van der Waals surface area contributed by atoms with Crippen LogP contribution in [0, 0.1) is 11.2 Å². The molecule has 1 aliphatic carbocycles. The molecular formula is C20H23Cl2FN4O. The zero-order valence-corrected chi connectivity index (χ0v) is 17.2. The van der Waals surface area contributed by atoms with E-state index >= 15 is 0 Å². The van der Waals surface area contributed by atoms with Crippen molar-refractivity contribution in [2.24, 2.45) is 5.41 Å². The molecule has 1 aliphatic heterocycles. The summed E-state index contributed by atoms with van der Waals surface area (Å²) in [6, 6.07) is 2.22. The van der Waals surface area contributed by atoms with E-state index in [1.807, 2.05) is 4.57 Å². The van der Waals surface area contributed by atoms with E-state index in [4.69, 9.17) is 23.2 Å². The fraction of sp³-hybridized carbons (Fsp3) is 0.550. The molecule has 2 atom stereocenters. The van der Waals surface area contributed by atoms with E-state index in [1.54, 1.807) is 6.33 Å². The predicted octanol–water partition coefficient (Wildman–Crippen LogP) is 5.04. The summed E-state index contributed by atoms with van der Waals surface area (Å²) >= 11 is 12.6. The van der Waals surface area contributed by atoms with Gasteiger partial charge in [-0.25, -0.2) is 4.39 Å². The van der Waals surface area contributed by atoms with Crippen LogP contribution in [0.4, 0.5) is 4.39 Å². The number of amides is 1. The molecule has 1 N–H and O–H groups in total. The molecule has 5 nitrogen and oxygen atoms in total. The zero-order valence-electron chi connectivity index (χ0n) is 15.7. The van der Waals surface area contributed by atoms with Crippen molar-refractivity contribution in [3.63, 3.8) is 0 Å². The quantitative estimate of drug-likeness (QED) is 0.699. The summed E-state index contributed by atoms with van der Waals surface area (Å²) in [5.41, 5.74) is -0.00290. The summed E-state index contributed by atoms with van der Waals surface area (Å²) < 4.78 is 16.8. The van der Waals surface area contributed by atoms with E-state index in [1.165, 1.54) is 12.1 Å². The molecule has 2 heterocycles. The van der Waals surface area contributed by atoms with Gasteiger partial charge in [-0.3, -0.25) is 4.79 Å². The topological polar surface area (TPSA) is 59.8 Å². The van der Waals surface area contributed by atoms with Crippen LogP contribution in [0.3, 0.4) is 0 Å². The van der Waals surface area contributed by atoms with E-state index < -0.39 is 17.8 Å². The lowest BCUT2D eigenvalue weighted by molar-refractivity contribution is -0.125. The summed E-state index contributed by atoms with van der Waals surface area (Å²) in [6.07, 6.45) is 7.08. The largest absolute Gasteiger partial charge is 0.348 e. The summed E-state index contributed by atoms with van der Waals surface area (Å²) in [6.45, 7) is 2.90. The van der Waals surface area contributed by atoms with Crippen LogP contribution in [0.2, 0.25) is 10.0 Å². The Morgan fingerprint density at radius 1 is 1.32 bits per heavy atom. The van der Waals surface area contributed by atoms with E-state index in [2.05, 4.69) is 22.4 Å². The van der Waals surface area contributed by atoms with Crippen molar-refractivity contribution in [2.75, 3.05) is 0 Å². The molecule has 1 aromatic carbocycles. The van der Waals surface area contributed by atoms with Gasteiger partial charge < -0.3 is 9.88 Å². The zero-order chi connectivity index (χ0) is 19.9. The van der Waals surface area contributed by atoms with Gasteiger partial charge in [0.25, 0.3) is 0 Å². The second-order valence-electron chi connectivity index (χ2n) is 8.14. The fourth-order valence-corrected chi connectivity index (χ4v) is 5.09. The average molecular weight is 425 g/mol. The Balaban J connectivity index is 1.70. The Hall–Kier alpha value is -1.66. The van der Waals surface area contributed by atoms with Crippen LogP contribution in [0.1, 0.15) is 68.8 Å².